The first-order chi connectivity index (χ1) is 12.9. The minimum absolute atomic E-state index is 0.171. The highest BCUT2D eigenvalue weighted by atomic mass is 16.6. The van der Waals surface area contributed by atoms with Crippen molar-refractivity contribution in [3.63, 3.8) is 0 Å². The van der Waals surface area contributed by atoms with Crippen molar-refractivity contribution in [1.29, 1.82) is 0 Å². The Bertz CT molecular complexity index is 810. The maximum atomic E-state index is 9.60. The monoisotopic (exact) mass is 360 g/mol. The third-order valence-electron chi connectivity index (χ3n) is 4.85. The molecule has 0 bridgehead atoms. The van der Waals surface area contributed by atoms with Gasteiger partial charge in [-0.1, -0.05) is 89.5 Å². The van der Waals surface area contributed by atoms with E-state index in [2.05, 4.69) is 62.4 Å². The molecule has 0 aromatic heterocycles. The van der Waals surface area contributed by atoms with Gasteiger partial charge in [0, 0.05) is 5.92 Å². The van der Waals surface area contributed by atoms with Crippen LogP contribution in [-0.2, 0) is 4.65 Å². The van der Waals surface area contributed by atoms with Gasteiger partial charge in [-0.25, -0.2) is 0 Å². The molecule has 0 fully saturated rings. The third kappa shape index (κ3) is 4.86. The molecule has 1 atom stereocenters. The minimum atomic E-state index is -1.85. The fourth-order valence-electron chi connectivity index (χ4n) is 3.33. The van der Waals surface area contributed by atoms with E-state index in [0.29, 0.717) is 0 Å². The molecule has 1 unspecified atom stereocenters. The molecule has 3 aromatic rings. The number of benzene rings is 3. The molecule has 0 spiro atoms. The van der Waals surface area contributed by atoms with Crippen molar-refractivity contribution in [1.82, 2.24) is 0 Å². The molecule has 0 amide bonds. The Kier molecular flexibility index (Phi) is 6.12. The molecule has 4 heteroatoms. The Hall–Kier alpha value is -2.40. The number of aryl methyl sites for hydroxylation is 3. The molecular formula is C23H25BO3. The topological polar surface area (TPSA) is 49.7 Å². The van der Waals surface area contributed by atoms with Gasteiger partial charge in [0.2, 0.25) is 0 Å². The van der Waals surface area contributed by atoms with Gasteiger partial charge in [-0.15, -0.1) is 0 Å². The predicted molar refractivity (Wildman–Crippen MR) is 109 cm³/mol. The van der Waals surface area contributed by atoms with Crippen molar-refractivity contribution in [2.75, 3.05) is 0 Å². The standard InChI is InChI=1S/C23H25BO3/c1-16-4-10-19(11-5-16)22(20-12-6-17(2)7-13-20)23(27-24(25)26)21-14-8-18(3)9-15-21/h4-15,22-23,25-26H,1-3H3. The summed E-state index contributed by atoms with van der Waals surface area (Å²) in [7, 11) is -1.85. The van der Waals surface area contributed by atoms with Gasteiger partial charge in [-0.3, -0.25) is 0 Å². The Morgan fingerprint density at radius 1 is 0.593 bits per heavy atom. The lowest BCUT2D eigenvalue weighted by atomic mass is 9.82. The number of hydrogen-bond donors (Lipinski definition) is 2. The average Bonchev–Trinajstić information content (AvgIpc) is 2.64. The van der Waals surface area contributed by atoms with E-state index in [9.17, 15) is 10.0 Å². The molecule has 0 heterocycles. The van der Waals surface area contributed by atoms with Gasteiger partial charge >= 0.3 is 7.32 Å². The van der Waals surface area contributed by atoms with E-state index in [4.69, 9.17) is 4.65 Å². The molecule has 138 valence electrons. The van der Waals surface area contributed by atoms with Crippen LogP contribution < -0.4 is 0 Å². The van der Waals surface area contributed by atoms with Crippen LogP contribution in [-0.4, -0.2) is 17.4 Å². The highest BCUT2D eigenvalue weighted by Gasteiger charge is 2.30. The Morgan fingerprint density at radius 3 is 1.26 bits per heavy atom. The van der Waals surface area contributed by atoms with Gasteiger partial charge in [0.1, 0.15) is 0 Å². The fraction of sp³-hybridized carbons (Fsp3) is 0.217. The summed E-state index contributed by atoms with van der Waals surface area (Å²) >= 11 is 0. The van der Waals surface area contributed by atoms with Gasteiger partial charge < -0.3 is 14.7 Å². The molecule has 0 aliphatic heterocycles. The van der Waals surface area contributed by atoms with E-state index in [0.717, 1.165) is 22.3 Å². The van der Waals surface area contributed by atoms with Crippen molar-refractivity contribution < 1.29 is 14.7 Å². The van der Waals surface area contributed by atoms with Crippen molar-refractivity contribution in [3.05, 3.63) is 106 Å². The summed E-state index contributed by atoms with van der Waals surface area (Å²) in [6, 6.07) is 24.6. The van der Waals surface area contributed by atoms with Gasteiger partial charge in [-0.05, 0) is 37.5 Å². The first-order valence-electron chi connectivity index (χ1n) is 9.15. The zero-order valence-electron chi connectivity index (χ0n) is 16.0. The fourth-order valence-corrected chi connectivity index (χ4v) is 3.33. The second kappa shape index (κ2) is 8.53. The van der Waals surface area contributed by atoms with E-state index in [1.165, 1.54) is 11.1 Å². The second-order valence-corrected chi connectivity index (χ2v) is 7.09. The van der Waals surface area contributed by atoms with Crippen LogP contribution in [0.5, 0.6) is 0 Å². The molecule has 0 radical (unpaired) electrons. The lowest BCUT2D eigenvalue weighted by Gasteiger charge is -2.29. The van der Waals surface area contributed by atoms with Crippen LogP contribution in [0.15, 0.2) is 72.8 Å². The van der Waals surface area contributed by atoms with Gasteiger partial charge in [0.15, 0.2) is 0 Å². The Balaban J connectivity index is 2.13. The molecule has 3 nitrogen and oxygen atoms in total. The first kappa shape index (κ1) is 19.4. The molecule has 3 rings (SSSR count). The van der Waals surface area contributed by atoms with E-state index in [1.807, 2.05) is 31.2 Å². The van der Waals surface area contributed by atoms with E-state index in [1.54, 1.807) is 0 Å². The summed E-state index contributed by atoms with van der Waals surface area (Å²) in [4.78, 5) is 0. The largest absolute Gasteiger partial charge is 0.634 e. The molecule has 0 saturated heterocycles. The summed E-state index contributed by atoms with van der Waals surface area (Å²) < 4.78 is 5.62. The minimum Gasteiger partial charge on any atom is -0.402 e. The average molecular weight is 360 g/mol. The van der Waals surface area contributed by atoms with Crippen LogP contribution in [0.25, 0.3) is 0 Å². The number of hydrogen-bond acceptors (Lipinski definition) is 3. The smallest absolute Gasteiger partial charge is 0.402 e. The maximum absolute atomic E-state index is 9.60. The van der Waals surface area contributed by atoms with Crippen molar-refractivity contribution in [2.45, 2.75) is 32.8 Å². The summed E-state index contributed by atoms with van der Waals surface area (Å²) in [5.41, 5.74) is 6.53. The van der Waals surface area contributed by atoms with Crippen LogP contribution in [0, 0.1) is 20.8 Å². The Morgan fingerprint density at radius 2 is 0.926 bits per heavy atom. The molecule has 0 saturated carbocycles. The van der Waals surface area contributed by atoms with Crippen LogP contribution in [0.2, 0.25) is 0 Å². The van der Waals surface area contributed by atoms with Crippen LogP contribution in [0.1, 0.15) is 45.4 Å². The molecular weight excluding hydrogens is 335 g/mol. The molecule has 3 aromatic carbocycles. The molecule has 0 aliphatic carbocycles. The van der Waals surface area contributed by atoms with E-state index < -0.39 is 13.4 Å². The lowest BCUT2D eigenvalue weighted by Crippen LogP contribution is -2.25. The predicted octanol–water partition coefficient (Wildman–Crippen LogP) is 4.47. The SMILES string of the molecule is Cc1ccc(C(OB(O)O)C(c2ccc(C)cc2)c2ccc(C)cc2)cc1. The number of rotatable bonds is 6. The quantitative estimate of drug-likeness (QED) is 0.638. The van der Waals surface area contributed by atoms with Crippen molar-refractivity contribution in [2.24, 2.45) is 0 Å². The van der Waals surface area contributed by atoms with Gasteiger partial charge in [-0.2, -0.15) is 0 Å². The zero-order valence-corrected chi connectivity index (χ0v) is 16.0. The summed E-state index contributed by atoms with van der Waals surface area (Å²) in [6.07, 6.45) is -0.531. The second-order valence-electron chi connectivity index (χ2n) is 7.09. The van der Waals surface area contributed by atoms with Crippen molar-refractivity contribution >= 4 is 7.32 Å². The van der Waals surface area contributed by atoms with Gasteiger partial charge in [0.25, 0.3) is 0 Å². The van der Waals surface area contributed by atoms with E-state index in [-0.39, 0.29) is 5.92 Å². The first-order valence-corrected chi connectivity index (χ1v) is 9.15. The highest BCUT2D eigenvalue weighted by Crippen LogP contribution is 2.39. The summed E-state index contributed by atoms with van der Waals surface area (Å²) in [6.45, 7) is 6.13. The van der Waals surface area contributed by atoms with Crippen LogP contribution >= 0.6 is 0 Å². The molecule has 27 heavy (non-hydrogen) atoms. The summed E-state index contributed by atoms with van der Waals surface area (Å²) in [5.74, 6) is -0.171. The highest BCUT2D eigenvalue weighted by molar-refractivity contribution is 6.32. The molecule has 2 N–H and O–H groups in total. The molecule has 0 aliphatic rings. The van der Waals surface area contributed by atoms with Gasteiger partial charge in [0.05, 0.1) is 6.10 Å². The van der Waals surface area contributed by atoms with E-state index >= 15 is 0 Å². The maximum Gasteiger partial charge on any atom is 0.634 e. The van der Waals surface area contributed by atoms with Crippen molar-refractivity contribution in [3.8, 4) is 0 Å². The normalized spacial score (nSPS) is 12.2. The zero-order chi connectivity index (χ0) is 19.4. The Labute approximate surface area is 161 Å². The summed E-state index contributed by atoms with van der Waals surface area (Å²) in [5, 5.41) is 19.2. The lowest BCUT2D eigenvalue weighted by molar-refractivity contribution is 0.106. The third-order valence-corrected chi connectivity index (χ3v) is 4.85. The van der Waals surface area contributed by atoms with Crippen LogP contribution in [0.4, 0.5) is 0 Å². The van der Waals surface area contributed by atoms with Crippen LogP contribution in [0.3, 0.4) is 0 Å².